The summed E-state index contributed by atoms with van der Waals surface area (Å²) in [4.78, 5) is 0. The van der Waals surface area contributed by atoms with E-state index in [9.17, 15) is 0 Å². The number of benzene rings is 3. The molecule has 1 nitrogen and oxygen atoms in total. The Morgan fingerprint density at radius 3 is 1.18 bits per heavy atom. The second-order valence-electron chi connectivity index (χ2n) is 5.44. The van der Waals surface area contributed by atoms with E-state index in [-0.39, 0.29) is 0 Å². The molecule has 0 radical (unpaired) electrons. The molecule has 0 amide bonds. The van der Waals surface area contributed by atoms with E-state index < -0.39 is 16.2 Å². The summed E-state index contributed by atoms with van der Waals surface area (Å²) in [5.41, 5.74) is 0. The first-order valence-electron chi connectivity index (χ1n) is 7.53. The van der Waals surface area contributed by atoms with Gasteiger partial charge >= 0.3 is 135 Å². The van der Waals surface area contributed by atoms with Crippen LogP contribution in [0.15, 0.2) is 91.0 Å². The summed E-state index contributed by atoms with van der Waals surface area (Å²) < 4.78 is 5.87. The molecular formula is C19H21OPSi. The molecule has 3 aromatic carbocycles. The molecule has 0 aliphatic carbocycles. The average molecular weight is 324 g/mol. The third kappa shape index (κ3) is 2.78. The Hall–Kier alpha value is -1.73. The van der Waals surface area contributed by atoms with Crippen LogP contribution in [0.5, 0.6) is 0 Å². The SMILES string of the molecule is CO[SiH2][PH](c1ccccc1)(c1ccccc1)c1ccccc1. The van der Waals surface area contributed by atoms with Crippen molar-refractivity contribution in [1.29, 1.82) is 0 Å². The molecule has 0 fully saturated rings. The molecule has 0 heterocycles. The van der Waals surface area contributed by atoms with Gasteiger partial charge in [-0.3, -0.25) is 0 Å². The van der Waals surface area contributed by atoms with Crippen molar-refractivity contribution in [2.75, 3.05) is 7.11 Å². The molecule has 0 N–H and O–H groups in total. The maximum atomic E-state index is 5.87. The van der Waals surface area contributed by atoms with Gasteiger partial charge in [0.1, 0.15) is 0 Å². The van der Waals surface area contributed by atoms with Crippen LogP contribution in [0.1, 0.15) is 0 Å². The summed E-state index contributed by atoms with van der Waals surface area (Å²) in [6, 6.07) is 32.8. The quantitative estimate of drug-likeness (QED) is 0.517. The fourth-order valence-corrected chi connectivity index (χ4v) is 12.3. The van der Waals surface area contributed by atoms with Crippen LogP contribution >= 0.6 is 6.81 Å². The number of rotatable bonds is 5. The maximum absolute atomic E-state index is 5.87. The van der Waals surface area contributed by atoms with Crippen LogP contribution < -0.4 is 15.9 Å². The van der Waals surface area contributed by atoms with E-state index >= 15 is 0 Å². The Morgan fingerprint density at radius 1 is 0.591 bits per heavy atom. The Balaban J connectivity index is 2.29. The number of hydrogen-bond acceptors (Lipinski definition) is 1. The van der Waals surface area contributed by atoms with Crippen LogP contribution in [0.3, 0.4) is 0 Å². The summed E-state index contributed by atoms with van der Waals surface area (Å²) in [6.45, 7) is -2.01. The van der Waals surface area contributed by atoms with Gasteiger partial charge in [0.15, 0.2) is 0 Å². The second-order valence-corrected chi connectivity index (χ2v) is 13.9. The van der Waals surface area contributed by atoms with E-state index in [1.165, 1.54) is 15.9 Å². The average Bonchev–Trinajstić information content (AvgIpc) is 2.62. The van der Waals surface area contributed by atoms with Gasteiger partial charge in [0.25, 0.3) is 0 Å². The van der Waals surface area contributed by atoms with Gasteiger partial charge in [0, 0.05) is 0 Å². The van der Waals surface area contributed by atoms with E-state index in [0.717, 1.165) is 0 Å². The molecule has 0 saturated carbocycles. The fraction of sp³-hybridized carbons (Fsp3) is 0.0526. The van der Waals surface area contributed by atoms with Crippen molar-refractivity contribution in [1.82, 2.24) is 0 Å². The van der Waals surface area contributed by atoms with E-state index in [0.29, 0.717) is 0 Å². The van der Waals surface area contributed by atoms with E-state index in [4.69, 9.17) is 4.43 Å². The van der Waals surface area contributed by atoms with Gasteiger partial charge in [0.05, 0.1) is 0 Å². The normalized spacial score (nSPS) is 12.6. The molecule has 3 aromatic rings. The first kappa shape index (κ1) is 15.2. The van der Waals surface area contributed by atoms with Crippen LogP contribution in [0.25, 0.3) is 0 Å². The molecule has 0 unspecified atom stereocenters. The van der Waals surface area contributed by atoms with Crippen molar-refractivity contribution in [2.45, 2.75) is 0 Å². The first-order valence-corrected chi connectivity index (χ1v) is 12.4. The Morgan fingerprint density at radius 2 is 0.909 bits per heavy atom. The topological polar surface area (TPSA) is 9.23 Å². The van der Waals surface area contributed by atoms with Crippen molar-refractivity contribution in [3.8, 4) is 0 Å². The summed E-state index contributed by atoms with van der Waals surface area (Å²) in [6.07, 6.45) is 0. The molecular weight excluding hydrogens is 303 g/mol. The van der Waals surface area contributed by atoms with Crippen LogP contribution in [0.4, 0.5) is 0 Å². The van der Waals surface area contributed by atoms with Gasteiger partial charge < -0.3 is 0 Å². The molecule has 0 spiro atoms. The molecule has 0 bridgehead atoms. The second kappa shape index (κ2) is 7.02. The molecule has 0 aliphatic heterocycles. The fourth-order valence-electron chi connectivity index (χ4n) is 3.13. The zero-order chi connectivity index (χ0) is 15.3. The van der Waals surface area contributed by atoms with Crippen molar-refractivity contribution >= 4 is 32.2 Å². The third-order valence-electron chi connectivity index (χ3n) is 4.16. The van der Waals surface area contributed by atoms with Crippen LogP contribution in [-0.4, -0.2) is 16.5 Å². The molecule has 0 aliphatic rings. The minimum atomic E-state index is -2.01. The molecule has 0 saturated heterocycles. The van der Waals surface area contributed by atoms with Gasteiger partial charge in [-0.05, 0) is 0 Å². The van der Waals surface area contributed by atoms with Gasteiger partial charge in [0.2, 0.25) is 0 Å². The predicted molar refractivity (Wildman–Crippen MR) is 102 cm³/mol. The van der Waals surface area contributed by atoms with Crippen molar-refractivity contribution in [2.24, 2.45) is 0 Å². The summed E-state index contributed by atoms with van der Waals surface area (Å²) in [5, 5.41) is 4.34. The van der Waals surface area contributed by atoms with Crippen molar-refractivity contribution < 1.29 is 4.43 Å². The van der Waals surface area contributed by atoms with Gasteiger partial charge in [-0.1, -0.05) is 0 Å². The molecule has 3 rings (SSSR count). The van der Waals surface area contributed by atoms with E-state index in [1.807, 2.05) is 7.11 Å². The van der Waals surface area contributed by atoms with Gasteiger partial charge in [-0.25, -0.2) is 0 Å². The molecule has 3 heteroatoms. The standard InChI is InChI=1S/C19H21OPSi/c1-20-22-21(17-11-5-2-6-12-17,18-13-7-3-8-14-18)19-15-9-4-10-16-19/h2-16,21H,22H2,1H3. The Bertz CT molecular complexity index is 605. The predicted octanol–water partition coefficient (Wildman–Crippen LogP) is 2.36. The molecule has 0 atom stereocenters. The first-order chi connectivity index (χ1) is 10.9. The number of hydrogen-bond donors (Lipinski definition) is 0. The molecule has 0 aromatic heterocycles. The zero-order valence-corrected chi connectivity index (χ0v) is 15.2. The minimum absolute atomic E-state index is 0.727. The van der Waals surface area contributed by atoms with Crippen LogP contribution in [0, 0.1) is 0 Å². The molecule has 22 heavy (non-hydrogen) atoms. The van der Waals surface area contributed by atoms with E-state index in [2.05, 4.69) is 91.0 Å². The van der Waals surface area contributed by atoms with E-state index in [1.54, 1.807) is 0 Å². The van der Waals surface area contributed by atoms with Gasteiger partial charge in [-0.15, -0.1) is 0 Å². The van der Waals surface area contributed by atoms with Crippen molar-refractivity contribution in [3.05, 3.63) is 91.0 Å². The summed E-state index contributed by atoms with van der Waals surface area (Å²) in [5.74, 6) is 0. The Kier molecular flexibility index (Phi) is 4.84. The van der Waals surface area contributed by atoms with Gasteiger partial charge in [-0.2, -0.15) is 0 Å². The summed E-state index contributed by atoms with van der Waals surface area (Å²) in [7, 11) is 1.14. The van der Waals surface area contributed by atoms with Crippen molar-refractivity contribution in [3.63, 3.8) is 0 Å². The molecule has 112 valence electrons. The Labute approximate surface area is 135 Å². The monoisotopic (exact) mass is 324 g/mol. The zero-order valence-electron chi connectivity index (χ0n) is 12.8. The van der Waals surface area contributed by atoms with Crippen LogP contribution in [0.2, 0.25) is 0 Å². The van der Waals surface area contributed by atoms with Crippen LogP contribution in [-0.2, 0) is 4.43 Å². The summed E-state index contributed by atoms with van der Waals surface area (Å²) >= 11 is 0. The third-order valence-corrected chi connectivity index (χ3v) is 14.7.